The third-order valence-corrected chi connectivity index (χ3v) is 5.83. The van der Waals surface area contributed by atoms with E-state index in [0.717, 1.165) is 16.9 Å². The van der Waals surface area contributed by atoms with Crippen molar-refractivity contribution >= 4 is 11.6 Å². The Labute approximate surface area is 207 Å². The van der Waals surface area contributed by atoms with Gasteiger partial charge in [-0.1, -0.05) is 48.5 Å². The van der Waals surface area contributed by atoms with Crippen LogP contribution in [-0.2, 0) is 11.3 Å². The molecule has 8 heteroatoms. The molecular formula is C28H25N5O3. The Hall–Kier alpha value is -4.72. The third-order valence-electron chi connectivity index (χ3n) is 5.83. The number of benzene rings is 2. The quantitative estimate of drug-likeness (QED) is 0.383. The first kappa shape index (κ1) is 23.0. The maximum atomic E-state index is 13.5. The van der Waals surface area contributed by atoms with Gasteiger partial charge in [-0.3, -0.25) is 14.0 Å². The lowest BCUT2D eigenvalue weighted by Crippen LogP contribution is -2.28. The van der Waals surface area contributed by atoms with Gasteiger partial charge in [-0.05, 0) is 49.7 Å². The highest BCUT2D eigenvalue weighted by Crippen LogP contribution is 2.24. The van der Waals surface area contributed by atoms with E-state index in [9.17, 15) is 9.59 Å². The first-order valence-electron chi connectivity index (χ1n) is 11.6. The number of aromatic nitrogens is 4. The highest BCUT2D eigenvalue weighted by molar-refractivity contribution is 5.77. The highest BCUT2D eigenvalue weighted by Gasteiger charge is 2.18. The van der Waals surface area contributed by atoms with Crippen LogP contribution in [0.4, 0.5) is 0 Å². The van der Waals surface area contributed by atoms with Gasteiger partial charge < -0.3 is 10.1 Å². The second kappa shape index (κ2) is 9.87. The number of hydrogen-bond acceptors (Lipinski definition) is 5. The minimum atomic E-state index is -0.265. The van der Waals surface area contributed by atoms with Crippen LogP contribution >= 0.6 is 0 Å². The van der Waals surface area contributed by atoms with E-state index in [1.54, 1.807) is 29.9 Å². The van der Waals surface area contributed by atoms with Crippen molar-refractivity contribution in [2.24, 2.45) is 0 Å². The molecule has 3 heterocycles. The number of carbonyl (C=O) groups is 1. The summed E-state index contributed by atoms with van der Waals surface area (Å²) >= 11 is 0. The van der Waals surface area contributed by atoms with Crippen LogP contribution in [0.15, 0.2) is 89.9 Å². The monoisotopic (exact) mass is 479 g/mol. The van der Waals surface area contributed by atoms with Gasteiger partial charge in [-0.25, -0.2) is 9.67 Å². The molecule has 3 aromatic heterocycles. The average molecular weight is 480 g/mol. The first-order valence-corrected chi connectivity index (χ1v) is 11.6. The molecule has 0 aliphatic heterocycles. The number of nitrogens with zero attached hydrogens (tertiary/aromatic N) is 4. The lowest BCUT2D eigenvalue weighted by Gasteiger charge is -2.12. The predicted molar refractivity (Wildman–Crippen MR) is 137 cm³/mol. The van der Waals surface area contributed by atoms with Crippen molar-refractivity contribution in [1.82, 2.24) is 24.5 Å². The Morgan fingerprint density at radius 2 is 1.69 bits per heavy atom. The summed E-state index contributed by atoms with van der Waals surface area (Å²) in [6.45, 7) is 3.94. The fourth-order valence-electron chi connectivity index (χ4n) is 4.07. The van der Waals surface area contributed by atoms with Gasteiger partial charge in [0.2, 0.25) is 0 Å². The van der Waals surface area contributed by atoms with Crippen LogP contribution in [0.3, 0.4) is 0 Å². The molecule has 0 fully saturated rings. The maximum absolute atomic E-state index is 13.5. The van der Waals surface area contributed by atoms with Gasteiger partial charge in [0.05, 0.1) is 16.9 Å². The number of nitrogens with one attached hydrogen (secondary N) is 1. The van der Waals surface area contributed by atoms with E-state index in [1.165, 1.54) is 4.40 Å². The van der Waals surface area contributed by atoms with Crippen LogP contribution in [-0.4, -0.2) is 31.7 Å². The Kier molecular flexibility index (Phi) is 6.32. The minimum Gasteiger partial charge on any atom is -0.480 e. The predicted octanol–water partition coefficient (Wildman–Crippen LogP) is 3.86. The van der Waals surface area contributed by atoms with E-state index >= 15 is 0 Å². The van der Waals surface area contributed by atoms with Crippen molar-refractivity contribution in [3.63, 3.8) is 0 Å². The number of ether oxygens (including phenoxy) is 1. The Balaban J connectivity index is 1.41. The van der Waals surface area contributed by atoms with Crippen molar-refractivity contribution in [3.8, 4) is 22.7 Å². The number of para-hydroxylation sites is 1. The lowest BCUT2D eigenvalue weighted by molar-refractivity contribution is -0.123. The molecular weight excluding hydrogens is 454 g/mol. The molecule has 0 spiro atoms. The Morgan fingerprint density at radius 3 is 2.44 bits per heavy atom. The summed E-state index contributed by atoms with van der Waals surface area (Å²) in [4.78, 5) is 30.5. The summed E-state index contributed by atoms with van der Waals surface area (Å²) in [6, 6.07) is 24.6. The van der Waals surface area contributed by atoms with Crippen molar-refractivity contribution in [2.75, 3.05) is 6.61 Å². The highest BCUT2D eigenvalue weighted by atomic mass is 16.5. The summed E-state index contributed by atoms with van der Waals surface area (Å²) < 4.78 is 8.98. The van der Waals surface area contributed by atoms with Gasteiger partial charge >= 0.3 is 0 Å². The number of hydrogen-bond donors (Lipinski definition) is 1. The van der Waals surface area contributed by atoms with Crippen molar-refractivity contribution in [3.05, 3.63) is 112 Å². The molecule has 0 atom stereocenters. The van der Waals surface area contributed by atoms with Crippen LogP contribution in [0.5, 0.6) is 5.75 Å². The zero-order valence-electron chi connectivity index (χ0n) is 20.0. The number of amides is 1. The molecule has 0 saturated heterocycles. The summed E-state index contributed by atoms with van der Waals surface area (Å²) in [6.07, 6.45) is 1.64. The van der Waals surface area contributed by atoms with Crippen LogP contribution in [0.1, 0.15) is 17.0 Å². The first-order chi connectivity index (χ1) is 17.5. The lowest BCUT2D eigenvalue weighted by atomic mass is 10.1. The fraction of sp³-hybridized carbons (Fsp3) is 0.143. The summed E-state index contributed by atoms with van der Waals surface area (Å²) in [5.74, 6) is 0.0866. The third kappa shape index (κ3) is 4.61. The molecule has 1 N–H and O–H groups in total. The van der Waals surface area contributed by atoms with E-state index in [4.69, 9.17) is 4.74 Å². The zero-order chi connectivity index (χ0) is 25.1. The molecule has 0 radical (unpaired) electrons. The van der Waals surface area contributed by atoms with E-state index in [0.29, 0.717) is 34.9 Å². The van der Waals surface area contributed by atoms with Crippen LogP contribution in [0, 0.1) is 13.8 Å². The number of fused-ring (bicyclic) bond motifs is 1. The zero-order valence-corrected chi connectivity index (χ0v) is 20.0. The number of carbonyl (C=O) groups excluding carboxylic acids is 1. The van der Waals surface area contributed by atoms with Crippen molar-refractivity contribution in [1.29, 1.82) is 0 Å². The second-order valence-electron chi connectivity index (χ2n) is 8.41. The molecule has 1 amide bonds. The summed E-state index contributed by atoms with van der Waals surface area (Å²) in [5.41, 5.74) is 4.40. The van der Waals surface area contributed by atoms with E-state index in [-0.39, 0.29) is 18.1 Å². The largest absolute Gasteiger partial charge is 0.480 e. The Bertz CT molecular complexity index is 1590. The standard InChI is InChI=1S/C28H25N5O3/c1-19-16-23(31-33(19)22-12-7-4-8-13-22)26-20(2)30-27-24(14-9-15-32(27)28(26)35)36-18-25(34)29-17-21-10-5-3-6-11-21/h3-16H,17-18H2,1-2H3,(H,29,34). The van der Waals surface area contributed by atoms with Gasteiger partial charge in [0, 0.05) is 18.4 Å². The van der Waals surface area contributed by atoms with Crippen LogP contribution < -0.4 is 15.6 Å². The normalized spacial score (nSPS) is 10.9. The second-order valence-corrected chi connectivity index (χ2v) is 8.41. The molecule has 0 bridgehead atoms. The molecule has 180 valence electrons. The van der Waals surface area contributed by atoms with E-state index in [2.05, 4.69) is 15.4 Å². The van der Waals surface area contributed by atoms with Gasteiger partial charge in [0.15, 0.2) is 18.0 Å². The smallest absolute Gasteiger partial charge is 0.267 e. The minimum absolute atomic E-state index is 0.191. The fourth-order valence-corrected chi connectivity index (χ4v) is 4.07. The molecule has 36 heavy (non-hydrogen) atoms. The molecule has 2 aromatic carbocycles. The molecule has 0 unspecified atom stereocenters. The topological polar surface area (TPSA) is 90.5 Å². The molecule has 0 aliphatic rings. The van der Waals surface area contributed by atoms with Gasteiger partial charge in [-0.2, -0.15) is 5.10 Å². The van der Waals surface area contributed by atoms with E-state index < -0.39 is 0 Å². The molecule has 5 aromatic rings. The van der Waals surface area contributed by atoms with E-state index in [1.807, 2.05) is 73.7 Å². The SMILES string of the molecule is Cc1nc2c(OCC(=O)NCc3ccccc3)cccn2c(=O)c1-c1cc(C)n(-c2ccccc2)n1. The molecule has 8 nitrogen and oxygen atoms in total. The number of pyridine rings is 1. The Morgan fingerprint density at radius 1 is 0.972 bits per heavy atom. The van der Waals surface area contributed by atoms with Gasteiger partial charge in [0.25, 0.3) is 11.5 Å². The molecule has 0 aliphatic carbocycles. The van der Waals surface area contributed by atoms with Crippen molar-refractivity contribution < 1.29 is 9.53 Å². The summed E-state index contributed by atoms with van der Waals surface area (Å²) in [7, 11) is 0. The maximum Gasteiger partial charge on any atom is 0.267 e. The van der Waals surface area contributed by atoms with Crippen LogP contribution in [0.2, 0.25) is 0 Å². The molecule has 0 saturated carbocycles. The summed E-state index contributed by atoms with van der Waals surface area (Å²) in [5, 5.41) is 7.51. The van der Waals surface area contributed by atoms with Gasteiger partial charge in [0.1, 0.15) is 5.69 Å². The molecule has 5 rings (SSSR count). The van der Waals surface area contributed by atoms with Crippen molar-refractivity contribution in [2.45, 2.75) is 20.4 Å². The van der Waals surface area contributed by atoms with Gasteiger partial charge in [-0.15, -0.1) is 0 Å². The average Bonchev–Trinajstić information content (AvgIpc) is 3.28. The van der Waals surface area contributed by atoms with Crippen LogP contribution in [0.25, 0.3) is 22.6 Å². The number of aryl methyl sites for hydroxylation is 2. The number of rotatable bonds is 7.